The predicted molar refractivity (Wildman–Crippen MR) is 77.0 cm³/mol. The Kier molecular flexibility index (Phi) is 2.95. The topological polar surface area (TPSA) is 54.2 Å². The number of guanidine groups is 1. The Bertz CT molecular complexity index is 612. The fourth-order valence-electron chi connectivity index (χ4n) is 2.10. The zero-order valence-corrected chi connectivity index (χ0v) is 11.1. The minimum atomic E-state index is 0.819. The van der Waals surface area contributed by atoms with Crippen LogP contribution in [-0.4, -0.2) is 28.8 Å². The van der Waals surface area contributed by atoms with Gasteiger partial charge in [-0.2, -0.15) is 5.10 Å². The summed E-state index contributed by atoms with van der Waals surface area (Å²) in [5, 5.41) is 11.1. The van der Waals surface area contributed by atoms with Crippen LogP contribution in [0.5, 0.6) is 0 Å². The second-order valence-electron chi connectivity index (χ2n) is 4.59. The Balaban J connectivity index is 2.02. The van der Waals surface area contributed by atoms with E-state index in [4.69, 9.17) is 0 Å². The summed E-state index contributed by atoms with van der Waals surface area (Å²) in [6.07, 6.45) is 0. The number of aromatic nitrogens is 2. The maximum Gasteiger partial charge on any atom is 0.197 e. The molecule has 0 amide bonds. The van der Waals surface area contributed by atoms with Crippen LogP contribution in [0, 0.1) is 13.8 Å². The molecule has 3 rings (SSSR count). The van der Waals surface area contributed by atoms with Crippen molar-refractivity contribution in [3.63, 3.8) is 0 Å². The van der Waals surface area contributed by atoms with Gasteiger partial charge in [-0.3, -0.25) is 4.99 Å². The van der Waals surface area contributed by atoms with Gasteiger partial charge >= 0.3 is 0 Å². The summed E-state index contributed by atoms with van der Waals surface area (Å²) in [5.74, 6) is 1.79. The molecule has 0 atom stereocenters. The smallest absolute Gasteiger partial charge is 0.197 e. The monoisotopic (exact) mass is 255 g/mol. The number of nitrogens with one attached hydrogen (secondary N) is 2. The average molecular weight is 255 g/mol. The van der Waals surface area contributed by atoms with Crippen molar-refractivity contribution >= 4 is 11.8 Å². The summed E-state index contributed by atoms with van der Waals surface area (Å²) in [4.78, 5) is 4.37. The minimum absolute atomic E-state index is 0.819. The van der Waals surface area contributed by atoms with Gasteiger partial charge in [0.05, 0.1) is 17.9 Å². The Morgan fingerprint density at radius 2 is 2.00 bits per heavy atom. The van der Waals surface area contributed by atoms with Crippen LogP contribution >= 0.6 is 0 Å². The molecule has 0 fully saturated rings. The van der Waals surface area contributed by atoms with Crippen molar-refractivity contribution in [3.05, 3.63) is 41.6 Å². The number of hydrogen-bond acceptors (Lipinski definition) is 4. The lowest BCUT2D eigenvalue weighted by Gasteiger charge is -2.11. The largest absolute Gasteiger partial charge is 0.354 e. The van der Waals surface area contributed by atoms with Gasteiger partial charge in [0.2, 0.25) is 0 Å². The normalized spacial score (nSPS) is 14.1. The third-order valence-electron chi connectivity index (χ3n) is 3.27. The van der Waals surface area contributed by atoms with E-state index in [2.05, 4.69) is 27.6 Å². The molecule has 0 spiro atoms. The maximum atomic E-state index is 4.59. The quantitative estimate of drug-likeness (QED) is 0.861. The molecule has 2 N–H and O–H groups in total. The van der Waals surface area contributed by atoms with E-state index in [0.29, 0.717) is 0 Å². The molecule has 0 aliphatic carbocycles. The number of aryl methyl sites for hydroxylation is 1. The highest BCUT2D eigenvalue weighted by atomic mass is 15.4. The lowest BCUT2D eigenvalue weighted by atomic mass is 10.2. The van der Waals surface area contributed by atoms with Gasteiger partial charge < -0.3 is 10.6 Å². The van der Waals surface area contributed by atoms with Crippen LogP contribution in [-0.2, 0) is 0 Å². The molecule has 0 unspecified atom stereocenters. The average Bonchev–Trinajstić information content (AvgIpc) is 3.04. The first-order valence-corrected chi connectivity index (χ1v) is 6.42. The van der Waals surface area contributed by atoms with Gasteiger partial charge in [0, 0.05) is 12.1 Å². The van der Waals surface area contributed by atoms with Crippen LogP contribution in [0.2, 0.25) is 0 Å². The molecule has 1 aliphatic rings. The summed E-state index contributed by atoms with van der Waals surface area (Å²) >= 11 is 0. The number of para-hydroxylation sites is 1. The molecule has 1 aromatic carbocycles. The molecule has 2 aromatic rings. The molecule has 5 heteroatoms. The van der Waals surface area contributed by atoms with E-state index in [-0.39, 0.29) is 0 Å². The third kappa shape index (κ3) is 2.19. The summed E-state index contributed by atoms with van der Waals surface area (Å²) in [7, 11) is 0. The van der Waals surface area contributed by atoms with Gasteiger partial charge in [-0.05, 0) is 26.0 Å². The van der Waals surface area contributed by atoms with Gasteiger partial charge in [0.15, 0.2) is 5.96 Å². The molecule has 2 heterocycles. The molecule has 98 valence electrons. The summed E-state index contributed by atoms with van der Waals surface area (Å²) in [6, 6.07) is 10.1. The fraction of sp³-hybridized carbons (Fsp3) is 0.286. The molecule has 1 aliphatic heterocycles. The van der Waals surface area contributed by atoms with Crippen LogP contribution in [0.25, 0.3) is 5.69 Å². The van der Waals surface area contributed by atoms with Crippen molar-refractivity contribution in [1.82, 2.24) is 15.1 Å². The first-order valence-electron chi connectivity index (χ1n) is 6.42. The molecule has 19 heavy (non-hydrogen) atoms. The van der Waals surface area contributed by atoms with E-state index in [9.17, 15) is 0 Å². The highest BCUT2D eigenvalue weighted by Crippen LogP contribution is 2.22. The number of rotatable bonds is 2. The first kappa shape index (κ1) is 11.8. The number of aliphatic imine (C=N–C) groups is 1. The molecule has 0 saturated carbocycles. The highest BCUT2D eigenvalue weighted by Gasteiger charge is 2.15. The van der Waals surface area contributed by atoms with Gasteiger partial charge in [-0.25, -0.2) is 4.68 Å². The fourth-order valence-corrected chi connectivity index (χ4v) is 2.10. The van der Waals surface area contributed by atoms with E-state index < -0.39 is 0 Å². The van der Waals surface area contributed by atoms with Crippen molar-refractivity contribution in [2.75, 3.05) is 18.4 Å². The van der Waals surface area contributed by atoms with Crippen molar-refractivity contribution < 1.29 is 0 Å². The Morgan fingerprint density at radius 1 is 1.21 bits per heavy atom. The minimum Gasteiger partial charge on any atom is -0.354 e. The molecule has 5 nitrogen and oxygen atoms in total. The number of hydrogen-bond donors (Lipinski definition) is 2. The second-order valence-corrected chi connectivity index (χ2v) is 4.59. The van der Waals surface area contributed by atoms with Crippen molar-refractivity contribution in [2.45, 2.75) is 13.8 Å². The third-order valence-corrected chi connectivity index (χ3v) is 3.27. The van der Waals surface area contributed by atoms with Crippen molar-refractivity contribution in [2.24, 2.45) is 4.99 Å². The Hall–Kier alpha value is -2.30. The number of nitrogens with zero attached hydrogens (tertiary/aromatic N) is 3. The maximum absolute atomic E-state index is 4.59. The van der Waals surface area contributed by atoms with E-state index in [0.717, 1.165) is 41.8 Å². The lowest BCUT2D eigenvalue weighted by molar-refractivity contribution is 0.869. The van der Waals surface area contributed by atoms with Crippen LogP contribution in [0.1, 0.15) is 11.3 Å². The van der Waals surface area contributed by atoms with Crippen molar-refractivity contribution in [3.8, 4) is 5.69 Å². The molecule has 0 saturated heterocycles. The molecular weight excluding hydrogens is 238 g/mol. The second kappa shape index (κ2) is 4.76. The highest BCUT2D eigenvalue weighted by molar-refractivity contribution is 5.94. The van der Waals surface area contributed by atoms with Crippen LogP contribution in [0.15, 0.2) is 35.3 Å². The first-order chi connectivity index (χ1) is 9.25. The zero-order chi connectivity index (χ0) is 13.2. The molecule has 0 radical (unpaired) electrons. The molecule has 1 aromatic heterocycles. The predicted octanol–water partition coefficient (Wildman–Crippen LogP) is 1.86. The van der Waals surface area contributed by atoms with Gasteiger partial charge in [-0.1, -0.05) is 18.2 Å². The van der Waals surface area contributed by atoms with Crippen LogP contribution in [0.4, 0.5) is 5.82 Å². The van der Waals surface area contributed by atoms with E-state index >= 15 is 0 Å². The summed E-state index contributed by atoms with van der Waals surface area (Å²) in [6.45, 7) is 5.79. The number of anilines is 1. The zero-order valence-electron chi connectivity index (χ0n) is 11.1. The van der Waals surface area contributed by atoms with E-state index in [1.165, 1.54) is 0 Å². The summed E-state index contributed by atoms with van der Waals surface area (Å²) in [5.41, 5.74) is 3.20. The SMILES string of the molecule is Cc1nn(-c2ccccc2)c(NC2=NCCN2)c1C. The van der Waals surface area contributed by atoms with Crippen LogP contribution in [0.3, 0.4) is 0 Å². The molecular formula is C14H17N5. The van der Waals surface area contributed by atoms with Crippen LogP contribution < -0.4 is 10.6 Å². The standard InChI is InChI=1S/C14H17N5/c1-10-11(2)18-19(12-6-4-3-5-7-12)13(10)17-14-15-8-9-16-14/h3-7H,8-9H2,1-2H3,(H2,15,16,17). The Morgan fingerprint density at radius 3 is 2.68 bits per heavy atom. The van der Waals surface area contributed by atoms with Gasteiger partial charge in [-0.15, -0.1) is 0 Å². The molecule has 0 bridgehead atoms. The number of benzene rings is 1. The summed E-state index contributed by atoms with van der Waals surface area (Å²) < 4.78 is 1.92. The van der Waals surface area contributed by atoms with Gasteiger partial charge in [0.1, 0.15) is 5.82 Å². The van der Waals surface area contributed by atoms with Crippen molar-refractivity contribution in [1.29, 1.82) is 0 Å². The van der Waals surface area contributed by atoms with Gasteiger partial charge in [0.25, 0.3) is 0 Å². The van der Waals surface area contributed by atoms with E-state index in [1.807, 2.05) is 41.9 Å². The Labute approximate surface area is 112 Å². The lowest BCUT2D eigenvalue weighted by Crippen LogP contribution is -2.27. The van der Waals surface area contributed by atoms with E-state index in [1.54, 1.807) is 0 Å².